The van der Waals surface area contributed by atoms with Gasteiger partial charge in [-0.3, -0.25) is 4.79 Å². The van der Waals surface area contributed by atoms with Crippen molar-refractivity contribution in [3.63, 3.8) is 0 Å². The largest absolute Gasteiger partial charge is 0.352 e. The minimum absolute atomic E-state index is 0.000545. The number of carbonyl (C=O) groups excluding carboxylic acids is 1. The Bertz CT molecular complexity index is 492. The highest BCUT2D eigenvalue weighted by molar-refractivity contribution is 5.86. The first kappa shape index (κ1) is 14.3. The molecule has 1 amide bonds. The van der Waals surface area contributed by atoms with Crippen LogP contribution in [0.3, 0.4) is 0 Å². The standard InChI is InChI=1S/C15H23N5O/c1-15(16,11-3-4-11)13(21)19-12-5-9-20(10-6-12)14-17-7-2-8-18-14/h2,7-8,11-12H,3-6,9-10,16H2,1H3,(H,19,21). The first-order valence-electron chi connectivity index (χ1n) is 7.69. The molecular formula is C15H23N5O. The minimum Gasteiger partial charge on any atom is -0.352 e. The Morgan fingerprint density at radius 3 is 2.48 bits per heavy atom. The molecule has 0 aromatic carbocycles. The molecule has 1 aliphatic heterocycles. The minimum atomic E-state index is -0.709. The second-order valence-corrected chi connectivity index (χ2v) is 6.34. The third-order valence-electron chi connectivity index (χ3n) is 4.58. The fraction of sp³-hybridized carbons (Fsp3) is 0.667. The molecule has 2 heterocycles. The molecule has 2 aliphatic rings. The van der Waals surface area contributed by atoms with Gasteiger partial charge in [0.05, 0.1) is 5.54 Å². The Balaban J connectivity index is 1.51. The van der Waals surface area contributed by atoms with Crippen LogP contribution in [-0.2, 0) is 4.79 Å². The molecule has 2 fully saturated rings. The van der Waals surface area contributed by atoms with Gasteiger partial charge in [-0.2, -0.15) is 0 Å². The van der Waals surface area contributed by atoms with Crippen molar-refractivity contribution in [2.24, 2.45) is 11.7 Å². The van der Waals surface area contributed by atoms with Crippen LogP contribution in [0.25, 0.3) is 0 Å². The predicted octanol–water partition coefficient (Wildman–Crippen LogP) is 0.689. The molecule has 0 radical (unpaired) electrons. The molecule has 1 saturated carbocycles. The van der Waals surface area contributed by atoms with E-state index in [-0.39, 0.29) is 11.9 Å². The summed E-state index contributed by atoms with van der Waals surface area (Å²) < 4.78 is 0. The van der Waals surface area contributed by atoms with Gasteiger partial charge in [0.1, 0.15) is 0 Å². The summed E-state index contributed by atoms with van der Waals surface area (Å²) >= 11 is 0. The van der Waals surface area contributed by atoms with Gasteiger partial charge in [0, 0.05) is 31.5 Å². The van der Waals surface area contributed by atoms with Crippen LogP contribution in [0.2, 0.25) is 0 Å². The van der Waals surface area contributed by atoms with E-state index in [1.807, 2.05) is 13.0 Å². The molecule has 1 saturated heterocycles. The van der Waals surface area contributed by atoms with Crippen LogP contribution in [0.5, 0.6) is 0 Å². The number of carbonyl (C=O) groups is 1. The molecule has 114 valence electrons. The molecule has 3 N–H and O–H groups in total. The summed E-state index contributed by atoms with van der Waals surface area (Å²) in [4.78, 5) is 23.0. The van der Waals surface area contributed by atoms with Crippen molar-refractivity contribution in [1.29, 1.82) is 0 Å². The summed E-state index contributed by atoms with van der Waals surface area (Å²) in [6, 6.07) is 2.02. The maximum absolute atomic E-state index is 12.3. The van der Waals surface area contributed by atoms with Gasteiger partial charge in [-0.05, 0) is 44.6 Å². The number of hydrogen-bond donors (Lipinski definition) is 2. The van der Waals surface area contributed by atoms with E-state index in [2.05, 4.69) is 20.2 Å². The molecule has 21 heavy (non-hydrogen) atoms. The van der Waals surface area contributed by atoms with Crippen LogP contribution in [0.4, 0.5) is 5.95 Å². The van der Waals surface area contributed by atoms with E-state index in [0.29, 0.717) is 5.92 Å². The summed E-state index contributed by atoms with van der Waals surface area (Å²) in [6.07, 6.45) is 7.47. The molecular weight excluding hydrogens is 266 g/mol. The first-order chi connectivity index (χ1) is 10.1. The van der Waals surface area contributed by atoms with E-state index < -0.39 is 5.54 Å². The van der Waals surface area contributed by atoms with Crippen LogP contribution in [-0.4, -0.2) is 40.5 Å². The lowest BCUT2D eigenvalue weighted by molar-refractivity contribution is -0.127. The van der Waals surface area contributed by atoms with Crippen molar-refractivity contribution in [2.45, 2.75) is 44.2 Å². The number of nitrogens with two attached hydrogens (primary N) is 1. The SMILES string of the molecule is CC(N)(C(=O)NC1CCN(c2ncccn2)CC1)C1CC1. The second-order valence-electron chi connectivity index (χ2n) is 6.34. The number of rotatable bonds is 4. The van der Waals surface area contributed by atoms with Crippen LogP contribution in [0, 0.1) is 5.92 Å². The summed E-state index contributed by atoms with van der Waals surface area (Å²) in [5.74, 6) is 1.12. The maximum Gasteiger partial charge on any atom is 0.240 e. The smallest absolute Gasteiger partial charge is 0.240 e. The van der Waals surface area contributed by atoms with Gasteiger partial charge in [0.15, 0.2) is 0 Å². The van der Waals surface area contributed by atoms with Gasteiger partial charge in [-0.1, -0.05) is 0 Å². The van der Waals surface area contributed by atoms with Gasteiger partial charge < -0.3 is 16.0 Å². The van der Waals surface area contributed by atoms with Crippen molar-refractivity contribution in [3.8, 4) is 0 Å². The van der Waals surface area contributed by atoms with Gasteiger partial charge >= 0.3 is 0 Å². The number of hydrogen-bond acceptors (Lipinski definition) is 5. The lowest BCUT2D eigenvalue weighted by Gasteiger charge is -2.34. The quantitative estimate of drug-likeness (QED) is 0.852. The lowest BCUT2D eigenvalue weighted by Crippen LogP contribution is -2.57. The molecule has 1 aromatic heterocycles. The van der Waals surface area contributed by atoms with Crippen LogP contribution < -0.4 is 16.0 Å². The van der Waals surface area contributed by atoms with Gasteiger partial charge in [-0.15, -0.1) is 0 Å². The zero-order valence-corrected chi connectivity index (χ0v) is 12.5. The molecule has 1 aliphatic carbocycles. The van der Waals surface area contributed by atoms with Crippen LogP contribution in [0.15, 0.2) is 18.5 Å². The van der Waals surface area contributed by atoms with Gasteiger partial charge in [0.25, 0.3) is 0 Å². The summed E-state index contributed by atoms with van der Waals surface area (Å²) in [5.41, 5.74) is 5.45. The molecule has 1 aromatic rings. The fourth-order valence-electron chi connectivity index (χ4n) is 2.89. The van der Waals surface area contributed by atoms with Gasteiger partial charge in [0.2, 0.25) is 11.9 Å². The number of anilines is 1. The molecule has 3 rings (SSSR count). The van der Waals surface area contributed by atoms with Crippen molar-refractivity contribution < 1.29 is 4.79 Å². The third-order valence-corrected chi connectivity index (χ3v) is 4.58. The number of aromatic nitrogens is 2. The van der Waals surface area contributed by atoms with Crippen molar-refractivity contribution in [2.75, 3.05) is 18.0 Å². The van der Waals surface area contributed by atoms with Crippen molar-refractivity contribution in [3.05, 3.63) is 18.5 Å². The Kier molecular flexibility index (Phi) is 3.80. The predicted molar refractivity (Wildman–Crippen MR) is 80.7 cm³/mol. The van der Waals surface area contributed by atoms with E-state index in [1.54, 1.807) is 12.4 Å². The normalized spacial score (nSPS) is 22.7. The zero-order valence-electron chi connectivity index (χ0n) is 12.5. The molecule has 6 nitrogen and oxygen atoms in total. The number of nitrogens with zero attached hydrogens (tertiary/aromatic N) is 3. The molecule has 1 unspecified atom stereocenters. The van der Waals surface area contributed by atoms with E-state index in [9.17, 15) is 4.79 Å². The Morgan fingerprint density at radius 2 is 1.90 bits per heavy atom. The topological polar surface area (TPSA) is 84.1 Å². The molecule has 0 spiro atoms. The van der Waals surface area contributed by atoms with Crippen LogP contribution in [0.1, 0.15) is 32.6 Å². The zero-order chi connectivity index (χ0) is 14.9. The number of piperidine rings is 1. The maximum atomic E-state index is 12.3. The van der Waals surface area contributed by atoms with Crippen LogP contribution >= 0.6 is 0 Å². The Morgan fingerprint density at radius 1 is 1.29 bits per heavy atom. The highest BCUT2D eigenvalue weighted by atomic mass is 16.2. The number of nitrogens with one attached hydrogen (secondary N) is 1. The summed E-state index contributed by atoms with van der Waals surface area (Å²) in [7, 11) is 0. The highest BCUT2D eigenvalue weighted by Gasteiger charge is 2.44. The third kappa shape index (κ3) is 3.15. The second kappa shape index (κ2) is 5.60. The monoisotopic (exact) mass is 289 g/mol. The average Bonchev–Trinajstić information content (AvgIpc) is 3.34. The molecule has 0 bridgehead atoms. The van der Waals surface area contributed by atoms with Gasteiger partial charge in [-0.25, -0.2) is 9.97 Å². The highest BCUT2D eigenvalue weighted by Crippen LogP contribution is 2.38. The van der Waals surface area contributed by atoms with E-state index in [4.69, 9.17) is 5.73 Å². The number of amides is 1. The van der Waals surface area contributed by atoms with E-state index in [1.165, 1.54) is 0 Å². The lowest BCUT2D eigenvalue weighted by atomic mass is 9.94. The fourth-order valence-corrected chi connectivity index (χ4v) is 2.89. The van der Waals surface area contributed by atoms with Crippen molar-refractivity contribution in [1.82, 2.24) is 15.3 Å². The molecule has 6 heteroatoms. The van der Waals surface area contributed by atoms with Crippen molar-refractivity contribution >= 4 is 11.9 Å². The summed E-state index contributed by atoms with van der Waals surface area (Å²) in [6.45, 7) is 3.58. The average molecular weight is 289 g/mol. The first-order valence-corrected chi connectivity index (χ1v) is 7.69. The summed E-state index contributed by atoms with van der Waals surface area (Å²) in [5, 5.41) is 3.12. The Labute approximate surface area is 125 Å². The molecule has 1 atom stereocenters. The Hall–Kier alpha value is -1.69. The van der Waals surface area contributed by atoms with E-state index >= 15 is 0 Å². The van der Waals surface area contributed by atoms with E-state index in [0.717, 1.165) is 44.7 Å².